The number of carbonyl (C=O) groups is 6. The highest BCUT2D eigenvalue weighted by atomic mass is 16.5. The molecule has 1 fully saturated rings. The van der Waals surface area contributed by atoms with Gasteiger partial charge in [-0.3, -0.25) is 39.1 Å². The Balaban J connectivity index is 1.77. The standard InChI is InChI=1S/C52H81N5O10/c1-12-36(6)47(56(9)46(35(4)5)51(63)54-50(62)45(34(2)3)55(8)29-21-15-20-28-44(59)60)42(65-10)32-43(58)57-30-22-27-41(57)48(66-11)37(7)49(61)53-40(31-38-23-16-13-17-24-38)52(64)67-33-39-25-18-14-19-26-39/h13-14,16-19,23-26,34-37,40-42,45-48H,12,15,20-22,27-33H2,1-11H3,(H,53,61)(H,59,60)(H,54,62,63)/t36-,37+,40-,41-,42+,45-,46-,47-,48+/m0/s1. The van der Waals surface area contributed by atoms with Crippen LogP contribution in [0.15, 0.2) is 60.7 Å². The fourth-order valence-electron chi connectivity index (χ4n) is 9.75. The Bertz CT molecular complexity index is 1850. The molecule has 1 aliphatic rings. The van der Waals surface area contributed by atoms with E-state index in [1.807, 2.05) is 112 Å². The maximum atomic E-state index is 14.5. The van der Waals surface area contributed by atoms with E-state index in [1.54, 1.807) is 18.9 Å². The minimum Gasteiger partial charge on any atom is -0.481 e. The number of nitrogens with zero attached hydrogens (tertiary/aromatic N) is 3. The van der Waals surface area contributed by atoms with Crippen molar-refractivity contribution in [2.75, 3.05) is 41.4 Å². The van der Waals surface area contributed by atoms with E-state index in [4.69, 9.17) is 19.3 Å². The van der Waals surface area contributed by atoms with E-state index in [9.17, 15) is 28.8 Å². The molecular weight excluding hydrogens is 855 g/mol. The third-order valence-electron chi connectivity index (χ3n) is 13.4. The summed E-state index contributed by atoms with van der Waals surface area (Å²) >= 11 is 0. The zero-order valence-electron chi connectivity index (χ0n) is 42.1. The molecule has 2 aromatic carbocycles. The molecule has 15 heteroatoms. The van der Waals surface area contributed by atoms with Gasteiger partial charge in [0.15, 0.2) is 0 Å². The number of methoxy groups -OCH3 is 2. The number of amides is 4. The number of unbranched alkanes of at least 4 members (excludes halogenated alkanes) is 2. The first-order valence-corrected chi connectivity index (χ1v) is 24.2. The number of aliphatic carboxylic acids is 1. The van der Waals surface area contributed by atoms with Crippen LogP contribution in [0.25, 0.3) is 0 Å². The molecule has 0 saturated carbocycles. The van der Waals surface area contributed by atoms with Crippen LogP contribution < -0.4 is 10.6 Å². The average Bonchev–Trinajstić information content (AvgIpc) is 3.77. The SMILES string of the molecule is CC[C@H](C)[C@@H]([C@@H](CC(=O)N1CCC[C@H]1[C@H](OC)[C@@H](C)C(=O)N[C@@H](Cc1ccccc1)C(=O)OCc1ccccc1)OC)N(C)[C@H](C(=O)NC(=O)[C@H](C(C)C)N(C)CCCCCC(=O)O)C(C)C. The molecule has 374 valence electrons. The van der Waals surface area contributed by atoms with Gasteiger partial charge in [0, 0.05) is 39.6 Å². The summed E-state index contributed by atoms with van der Waals surface area (Å²) in [5.41, 5.74) is 1.69. The van der Waals surface area contributed by atoms with Gasteiger partial charge in [-0.2, -0.15) is 0 Å². The first kappa shape index (κ1) is 56.6. The van der Waals surface area contributed by atoms with Gasteiger partial charge in [-0.25, -0.2) is 4.79 Å². The van der Waals surface area contributed by atoms with Crippen molar-refractivity contribution in [1.82, 2.24) is 25.3 Å². The van der Waals surface area contributed by atoms with E-state index < -0.39 is 78.0 Å². The summed E-state index contributed by atoms with van der Waals surface area (Å²) in [7, 11) is 6.81. The molecule has 9 atom stereocenters. The first-order chi connectivity index (χ1) is 31.9. The Morgan fingerprint density at radius 1 is 0.791 bits per heavy atom. The fourth-order valence-corrected chi connectivity index (χ4v) is 9.75. The molecule has 0 aliphatic carbocycles. The number of likely N-dealkylation sites (N-methyl/N-ethyl adjacent to an activating group) is 2. The molecule has 0 aromatic heterocycles. The van der Waals surface area contributed by atoms with Crippen LogP contribution >= 0.6 is 0 Å². The van der Waals surface area contributed by atoms with E-state index >= 15 is 0 Å². The molecule has 4 amide bonds. The van der Waals surface area contributed by atoms with Gasteiger partial charge < -0.3 is 29.5 Å². The van der Waals surface area contributed by atoms with E-state index in [2.05, 4.69) is 24.5 Å². The number of carboxylic acid groups (broad SMARTS) is 1. The molecule has 1 aliphatic heterocycles. The molecule has 67 heavy (non-hydrogen) atoms. The fraction of sp³-hybridized carbons (Fsp3) is 0.654. The lowest BCUT2D eigenvalue weighted by Gasteiger charge is -2.43. The Morgan fingerprint density at radius 3 is 1.94 bits per heavy atom. The van der Waals surface area contributed by atoms with Crippen molar-refractivity contribution in [3.63, 3.8) is 0 Å². The van der Waals surface area contributed by atoms with Crippen LogP contribution in [0.5, 0.6) is 0 Å². The predicted octanol–water partition coefficient (Wildman–Crippen LogP) is 6.12. The number of rotatable bonds is 29. The van der Waals surface area contributed by atoms with Gasteiger partial charge in [-0.05, 0) is 75.2 Å². The van der Waals surface area contributed by atoms with Gasteiger partial charge in [0.2, 0.25) is 23.6 Å². The molecule has 0 radical (unpaired) electrons. The Morgan fingerprint density at radius 2 is 1.39 bits per heavy atom. The summed E-state index contributed by atoms with van der Waals surface area (Å²) in [5, 5.41) is 14.7. The van der Waals surface area contributed by atoms with Crippen LogP contribution in [0, 0.1) is 23.7 Å². The smallest absolute Gasteiger partial charge is 0.329 e. The molecule has 0 spiro atoms. The minimum atomic E-state index is -0.960. The average molecular weight is 936 g/mol. The van der Waals surface area contributed by atoms with Crippen LogP contribution in [-0.4, -0.2) is 139 Å². The highest BCUT2D eigenvalue weighted by Crippen LogP contribution is 2.31. The number of benzene rings is 2. The van der Waals surface area contributed by atoms with Gasteiger partial charge in [-0.15, -0.1) is 0 Å². The molecule has 3 N–H and O–H groups in total. The number of nitrogens with one attached hydrogen (secondary N) is 2. The monoisotopic (exact) mass is 936 g/mol. The summed E-state index contributed by atoms with van der Waals surface area (Å²) in [6, 6.07) is 15.7. The Kier molecular flexibility index (Phi) is 24.2. The van der Waals surface area contributed by atoms with Crippen molar-refractivity contribution in [3.8, 4) is 0 Å². The van der Waals surface area contributed by atoms with Crippen molar-refractivity contribution in [3.05, 3.63) is 71.8 Å². The van der Waals surface area contributed by atoms with Gasteiger partial charge in [0.05, 0.1) is 42.7 Å². The molecule has 0 bridgehead atoms. The third-order valence-corrected chi connectivity index (χ3v) is 13.4. The number of esters is 1. The molecular formula is C52H81N5O10. The number of carbonyl (C=O) groups excluding carboxylic acids is 5. The van der Waals surface area contributed by atoms with Crippen LogP contribution in [-0.2, 0) is 56.0 Å². The van der Waals surface area contributed by atoms with Crippen molar-refractivity contribution >= 4 is 35.6 Å². The second-order valence-electron chi connectivity index (χ2n) is 19.1. The van der Waals surface area contributed by atoms with Gasteiger partial charge >= 0.3 is 11.9 Å². The van der Waals surface area contributed by atoms with Crippen LogP contribution in [0.2, 0.25) is 0 Å². The van der Waals surface area contributed by atoms with E-state index in [1.165, 1.54) is 7.11 Å². The number of likely N-dealkylation sites (tertiary alicyclic amines) is 1. The largest absolute Gasteiger partial charge is 0.481 e. The van der Waals surface area contributed by atoms with Crippen LogP contribution in [0.3, 0.4) is 0 Å². The van der Waals surface area contributed by atoms with Crippen LogP contribution in [0.4, 0.5) is 0 Å². The molecule has 1 saturated heterocycles. The lowest BCUT2D eigenvalue weighted by Crippen LogP contribution is -2.60. The van der Waals surface area contributed by atoms with Gasteiger partial charge in [-0.1, -0.05) is 122 Å². The molecule has 0 unspecified atom stereocenters. The van der Waals surface area contributed by atoms with E-state index in [0.29, 0.717) is 32.4 Å². The number of hydrogen-bond acceptors (Lipinski definition) is 11. The quantitative estimate of drug-likeness (QED) is 0.0629. The third kappa shape index (κ3) is 17.1. The Labute approximate surface area is 400 Å². The summed E-state index contributed by atoms with van der Waals surface area (Å²) in [5.74, 6) is -3.83. The van der Waals surface area contributed by atoms with Crippen molar-refractivity contribution in [2.24, 2.45) is 23.7 Å². The zero-order chi connectivity index (χ0) is 49.8. The summed E-state index contributed by atoms with van der Waals surface area (Å²) in [6.45, 7) is 14.7. The lowest BCUT2D eigenvalue weighted by atomic mass is 9.87. The summed E-state index contributed by atoms with van der Waals surface area (Å²) in [4.78, 5) is 86.8. The van der Waals surface area contributed by atoms with E-state index in [-0.39, 0.29) is 49.5 Å². The zero-order valence-corrected chi connectivity index (χ0v) is 42.1. The number of ether oxygens (including phenoxy) is 3. The summed E-state index contributed by atoms with van der Waals surface area (Å²) < 4.78 is 17.9. The molecule has 2 aromatic rings. The van der Waals surface area contributed by atoms with Crippen molar-refractivity contribution in [2.45, 2.75) is 155 Å². The first-order valence-electron chi connectivity index (χ1n) is 24.2. The maximum Gasteiger partial charge on any atom is 0.329 e. The topological polar surface area (TPSA) is 184 Å². The van der Waals surface area contributed by atoms with Gasteiger partial charge in [0.1, 0.15) is 12.6 Å². The highest BCUT2D eigenvalue weighted by Gasteiger charge is 2.44. The molecule has 15 nitrogen and oxygen atoms in total. The highest BCUT2D eigenvalue weighted by molar-refractivity contribution is 6.00. The maximum absolute atomic E-state index is 14.5. The normalized spacial score (nSPS) is 17.7. The van der Waals surface area contributed by atoms with Gasteiger partial charge in [0.25, 0.3) is 0 Å². The van der Waals surface area contributed by atoms with E-state index in [0.717, 1.165) is 30.4 Å². The molecule has 1 heterocycles. The Hall–Kier alpha value is -4.70. The predicted molar refractivity (Wildman–Crippen MR) is 259 cm³/mol. The minimum absolute atomic E-state index is 0.00775. The second-order valence-corrected chi connectivity index (χ2v) is 19.1. The van der Waals surface area contributed by atoms with Crippen molar-refractivity contribution in [1.29, 1.82) is 0 Å². The number of carboxylic acids is 1. The number of imide groups is 1. The van der Waals surface area contributed by atoms with Crippen LogP contribution in [0.1, 0.15) is 111 Å². The van der Waals surface area contributed by atoms with Crippen molar-refractivity contribution < 1.29 is 48.1 Å². The lowest BCUT2D eigenvalue weighted by molar-refractivity contribution is -0.150. The summed E-state index contributed by atoms with van der Waals surface area (Å²) in [6.07, 6.45) is 3.09. The second kappa shape index (κ2) is 28.6. The molecule has 3 rings (SSSR count). The number of hydrogen-bond donors (Lipinski definition) is 3.